The third kappa shape index (κ3) is 4.54. The molecule has 1 aromatic carbocycles. The van der Waals surface area contributed by atoms with Crippen molar-refractivity contribution in [1.29, 1.82) is 0 Å². The Balaban J connectivity index is 2.28. The van der Waals surface area contributed by atoms with E-state index in [-0.39, 0.29) is 24.0 Å². The average Bonchev–Trinajstić information content (AvgIpc) is 2.54. The summed E-state index contributed by atoms with van der Waals surface area (Å²) in [6.45, 7) is 3.92. The summed E-state index contributed by atoms with van der Waals surface area (Å²) in [7, 11) is 4.04. The van der Waals surface area contributed by atoms with E-state index in [0.29, 0.717) is 5.56 Å². The van der Waals surface area contributed by atoms with Crippen molar-refractivity contribution in [3.63, 3.8) is 0 Å². The van der Waals surface area contributed by atoms with Crippen LogP contribution in [0, 0.1) is 0 Å². The van der Waals surface area contributed by atoms with Gasteiger partial charge in [-0.3, -0.25) is 4.79 Å². The average molecular weight is 356 g/mol. The van der Waals surface area contributed by atoms with Crippen LogP contribution in [0.5, 0.6) is 0 Å². The molecule has 0 saturated heterocycles. The molecule has 2 rings (SSSR count). The van der Waals surface area contributed by atoms with Crippen molar-refractivity contribution in [3.05, 3.63) is 35.4 Å². The van der Waals surface area contributed by atoms with Gasteiger partial charge in [-0.2, -0.15) is 13.2 Å². The molecule has 0 bridgehead atoms. The number of carbonyl (C=O) groups excluding carboxylic acids is 1. The van der Waals surface area contributed by atoms with E-state index in [1.807, 2.05) is 32.8 Å². The highest BCUT2D eigenvalue weighted by Crippen LogP contribution is 2.31. The van der Waals surface area contributed by atoms with E-state index in [9.17, 15) is 18.0 Å². The van der Waals surface area contributed by atoms with E-state index in [1.165, 1.54) is 12.1 Å². The number of rotatable bonds is 4. The second-order valence-electron chi connectivity index (χ2n) is 7.26. The van der Waals surface area contributed by atoms with E-state index in [2.05, 4.69) is 4.90 Å². The first-order valence-corrected chi connectivity index (χ1v) is 8.79. The molecule has 1 aliphatic rings. The van der Waals surface area contributed by atoms with Crippen LogP contribution in [0.2, 0.25) is 0 Å². The standard InChI is InChI=1S/C19H27F3N2O/c1-13(2)24(17-8-6-5-7-16(17)23(3)4)18(25)14-9-11-15(12-10-14)19(20,21)22/h9-13,16-17H,5-8H2,1-4H3. The molecule has 25 heavy (non-hydrogen) atoms. The van der Waals surface area contributed by atoms with Crippen molar-refractivity contribution in [3.8, 4) is 0 Å². The van der Waals surface area contributed by atoms with Crippen molar-refractivity contribution in [1.82, 2.24) is 9.80 Å². The Bertz CT molecular complexity index is 581. The second-order valence-corrected chi connectivity index (χ2v) is 7.26. The lowest BCUT2D eigenvalue weighted by Gasteiger charge is -2.44. The minimum Gasteiger partial charge on any atom is -0.332 e. The zero-order valence-corrected chi connectivity index (χ0v) is 15.3. The Kier molecular flexibility index (Phi) is 6.14. The number of halogens is 3. The molecule has 140 valence electrons. The molecule has 2 unspecified atom stereocenters. The minimum atomic E-state index is -4.39. The fraction of sp³-hybridized carbons (Fsp3) is 0.632. The molecular formula is C19H27F3N2O. The van der Waals surface area contributed by atoms with Crippen LogP contribution in [0.15, 0.2) is 24.3 Å². The van der Waals surface area contributed by atoms with E-state index < -0.39 is 11.7 Å². The number of nitrogens with zero attached hydrogens (tertiary/aromatic N) is 2. The molecule has 2 atom stereocenters. The molecule has 3 nitrogen and oxygen atoms in total. The summed E-state index contributed by atoms with van der Waals surface area (Å²) in [5.41, 5.74) is -0.422. The van der Waals surface area contributed by atoms with Gasteiger partial charge in [-0.15, -0.1) is 0 Å². The quantitative estimate of drug-likeness (QED) is 0.797. The summed E-state index contributed by atoms with van der Waals surface area (Å²) in [5, 5.41) is 0. The lowest BCUT2D eigenvalue weighted by Crippen LogP contribution is -2.55. The van der Waals surface area contributed by atoms with E-state index in [4.69, 9.17) is 0 Å². The first kappa shape index (κ1) is 19.8. The van der Waals surface area contributed by atoms with Gasteiger partial charge in [0.1, 0.15) is 0 Å². The molecule has 0 radical (unpaired) electrons. The van der Waals surface area contributed by atoms with Crippen LogP contribution in [0.3, 0.4) is 0 Å². The summed E-state index contributed by atoms with van der Waals surface area (Å²) in [4.78, 5) is 17.0. The number of likely N-dealkylation sites (N-methyl/N-ethyl adjacent to an activating group) is 1. The molecule has 6 heteroatoms. The largest absolute Gasteiger partial charge is 0.416 e. The second kappa shape index (κ2) is 7.77. The van der Waals surface area contributed by atoms with Crippen molar-refractivity contribution >= 4 is 5.91 Å². The van der Waals surface area contributed by atoms with Crippen LogP contribution >= 0.6 is 0 Å². The molecule has 0 aromatic heterocycles. The maximum Gasteiger partial charge on any atom is 0.416 e. The maximum absolute atomic E-state index is 13.0. The van der Waals surface area contributed by atoms with Gasteiger partial charge in [-0.1, -0.05) is 12.8 Å². The summed E-state index contributed by atoms with van der Waals surface area (Å²) >= 11 is 0. The Hall–Kier alpha value is -1.56. The van der Waals surface area contributed by atoms with Gasteiger partial charge in [0.25, 0.3) is 5.91 Å². The molecule has 1 amide bonds. The number of hydrogen-bond acceptors (Lipinski definition) is 2. The van der Waals surface area contributed by atoms with Gasteiger partial charge in [-0.05, 0) is 65.0 Å². The summed E-state index contributed by atoms with van der Waals surface area (Å²) in [6.07, 6.45) is -0.231. The highest BCUT2D eigenvalue weighted by Gasteiger charge is 2.36. The topological polar surface area (TPSA) is 23.6 Å². The molecule has 1 fully saturated rings. The highest BCUT2D eigenvalue weighted by atomic mass is 19.4. The summed E-state index contributed by atoms with van der Waals surface area (Å²) < 4.78 is 38.2. The predicted octanol–water partition coefficient (Wildman–Crippen LogP) is 4.43. The highest BCUT2D eigenvalue weighted by molar-refractivity contribution is 5.94. The molecular weight excluding hydrogens is 329 g/mol. The number of carbonyl (C=O) groups is 1. The molecule has 0 N–H and O–H groups in total. The normalized spacial score (nSPS) is 21.6. The first-order valence-electron chi connectivity index (χ1n) is 8.79. The Morgan fingerprint density at radius 3 is 2.00 bits per heavy atom. The molecule has 1 aromatic rings. The lowest BCUT2D eigenvalue weighted by molar-refractivity contribution is -0.137. The van der Waals surface area contributed by atoms with E-state index >= 15 is 0 Å². The SMILES string of the molecule is CC(C)N(C(=O)c1ccc(C(F)(F)F)cc1)C1CCCCC1N(C)C. The van der Waals surface area contributed by atoms with E-state index in [0.717, 1.165) is 37.8 Å². The van der Waals surface area contributed by atoms with Gasteiger partial charge in [0.05, 0.1) is 5.56 Å². The zero-order valence-electron chi connectivity index (χ0n) is 15.3. The van der Waals surface area contributed by atoms with Crippen LogP contribution < -0.4 is 0 Å². The number of hydrogen-bond donors (Lipinski definition) is 0. The molecule has 1 saturated carbocycles. The van der Waals surface area contributed by atoms with Crippen LogP contribution in [0.1, 0.15) is 55.5 Å². The van der Waals surface area contributed by atoms with Crippen molar-refractivity contribution in [2.45, 2.75) is 63.8 Å². The third-order valence-corrected chi connectivity index (χ3v) is 4.96. The van der Waals surface area contributed by atoms with Crippen molar-refractivity contribution < 1.29 is 18.0 Å². The Labute approximate surface area is 147 Å². The number of amides is 1. The monoisotopic (exact) mass is 356 g/mol. The zero-order chi connectivity index (χ0) is 18.8. The maximum atomic E-state index is 13.0. The molecule has 0 aliphatic heterocycles. The lowest BCUT2D eigenvalue weighted by atomic mass is 9.87. The van der Waals surface area contributed by atoms with E-state index in [1.54, 1.807) is 0 Å². The van der Waals surface area contributed by atoms with Gasteiger partial charge in [0, 0.05) is 23.7 Å². The third-order valence-electron chi connectivity index (χ3n) is 4.96. The predicted molar refractivity (Wildman–Crippen MR) is 92.5 cm³/mol. The van der Waals surface area contributed by atoms with Crippen molar-refractivity contribution in [2.75, 3.05) is 14.1 Å². The van der Waals surface area contributed by atoms with Gasteiger partial charge in [0.15, 0.2) is 0 Å². The van der Waals surface area contributed by atoms with Gasteiger partial charge < -0.3 is 9.80 Å². The molecule has 1 aliphatic carbocycles. The Morgan fingerprint density at radius 2 is 1.56 bits per heavy atom. The van der Waals surface area contributed by atoms with Crippen LogP contribution in [0.4, 0.5) is 13.2 Å². The van der Waals surface area contributed by atoms with Gasteiger partial charge in [-0.25, -0.2) is 0 Å². The fourth-order valence-corrected chi connectivity index (χ4v) is 3.74. The smallest absolute Gasteiger partial charge is 0.332 e. The fourth-order valence-electron chi connectivity index (χ4n) is 3.74. The summed E-state index contributed by atoms with van der Waals surface area (Å²) in [5.74, 6) is -0.192. The first-order chi connectivity index (χ1) is 11.6. The van der Waals surface area contributed by atoms with Crippen LogP contribution in [0.25, 0.3) is 0 Å². The number of benzene rings is 1. The molecule has 0 spiro atoms. The molecule has 0 heterocycles. The number of alkyl halides is 3. The summed E-state index contributed by atoms with van der Waals surface area (Å²) in [6, 6.07) is 4.88. The van der Waals surface area contributed by atoms with Gasteiger partial charge >= 0.3 is 6.18 Å². The van der Waals surface area contributed by atoms with Gasteiger partial charge in [0.2, 0.25) is 0 Å². The van der Waals surface area contributed by atoms with Crippen LogP contribution in [-0.4, -0.2) is 47.9 Å². The van der Waals surface area contributed by atoms with Crippen LogP contribution in [-0.2, 0) is 6.18 Å². The van der Waals surface area contributed by atoms with Crippen molar-refractivity contribution in [2.24, 2.45) is 0 Å². The minimum absolute atomic E-state index is 0.0136. The Morgan fingerprint density at radius 1 is 1.04 bits per heavy atom.